The van der Waals surface area contributed by atoms with Gasteiger partial charge in [0.25, 0.3) is 0 Å². The Morgan fingerprint density at radius 3 is 2.79 bits per heavy atom. The number of amides is 1. The molecule has 1 aromatic heterocycles. The Morgan fingerprint density at radius 1 is 1.45 bits per heavy atom. The molecule has 0 spiro atoms. The summed E-state index contributed by atoms with van der Waals surface area (Å²) in [5.41, 5.74) is 8.08. The Bertz CT molecular complexity index is 731. The number of aromatic nitrogens is 3. The van der Waals surface area contributed by atoms with Crippen molar-refractivity contribution < 1.29 is 34.3 Å². The fraction of sp³-hybridized carbons (Fsp3) is 0.800. The zero-order chi connectivity index (χ0) is 21.6. The molecule has 1 aliphatic rings. The smallest absolute Gasteiger partial charge is 0.407 e. The number of rotatable bonds is 7. The van der Waals surface area contributed by atoms with Gasteiger partial charge in [0, 0.05) is 4.91 Å². The summed E-state index contributed by atoms with van der Waals surface area (Å²) >= 11 is 0. The summed E-state index contributed by atoms with van der Waals surface area (Å²) in [4.78, 5) is 14.3. The van der Waals surface area contributed by atoms with Crippen molar-refractivity contribution >= 4 is 6.09 Å². The molecular formula is C15H25N7O7. The summed E-state index contributed by atoms with van der Waals surface area (Å²) in [6.07, 6.45) is -4.35. The summed E-state index contributed by atoms with van der Waals surface area (Å²) in [7, 11) is 0. The number of carbonyl (C=O) groups is 1. The summed E-state index contributed by atoms with van der Waals surface area (Å²) in [5, 5.41) is 43.5. The largest absolute Gasteiger partial charge is 0.444 e. The molecule has 0 bridgehead atoms. The van der Waals surface area contributed by atoms with Crippen LogP contribution in [0.3, 0.4) is 0 Å². The van der Waals surface area contributed by atoms with Gasteiger partial charge in [0.1, 0.15) is 42.4 Å². The van der Waals surface area contributed by atoms with E-state index in [-0.39, 0.29) is 6.54 Å². The van der Waals surface area contributed by atoms with Crippen LogP contribution in [0.15, 0.2) is 11.3 Å². The minimum absolute atomic E-state index is 0.00462. The highest BCUT2D eigenvalue weighted by molar-refractivity contribution is 5.67. The van der Waals surface area contributed by atoms with Crippen molar-refractivity contribution in [2.24, 2.45) is 5.11 Å². The third-order valence-corrected chi connectivity index (χ3v) is 3.88. The predicted octanol–water partition coefficient (Wildman–Crippen LogP) is -0.433. The van der Waals surface area contributed by atoms with E-state index in [4.69, 9.17) is 19.7 Å². The van der Waals surface area contributed by atoms with Gasteiger partial charge in [-0.15, -0.1) is 5.10 Å². The molecule has 162 valence electrons. The highest BCUT2D eigenvalue weighted by Crippen LogP contribution is 2.30. The van der Waals surface area contributed by atoms with Crippen LogP contribution in [-0.4, -0.2) is 79.9 Å². The molecule has 1 saturated heterocycles. The fourth-order valence-corrected chi connectivity index (χ4v) is 2.64. The predicted molar refractivity (Wildman–Crippen MR) is 95.0 cm³/mol. The van der Waals surface area contributed by atoms with Crippen LogP contribution in [0.1, 0.15) is 32.5 Å². The highest BCUT2D eigenvalue weighted by Gasteiger charge is 2.46. The second-order valence-corrected chi connectivity index (χ2v) is 7.27. The summed E-state index contributed by atoms with van der Waals surface area (Å²) < 4.78 is 17.1. The van der Waals surface area contributed by atoms with E-state index in [2.05, 4.69) is 25.7 Å². The van der Waals surface area contributed by atoms with Gasteiger partial charge in [-0.2, -0.15) is 0 Å². The Morgan fingerprint density at radius 2 is 2.17 bits per heavy atom. The van der Waals surface area contributed by atoms with E-state index in [9.17, 15) is 20.1 Å². The number of nitrogens with one attached hydrogen (secondary N) is 1. The molecule has 0 saturated carbocycles. The Labute approximate surface area is 166 Å². The Kier molecular flexibility index (Phi) is 7.73. The van der Waals surface area contributed by atoms with E-state index >= 15 is 0 Å². The summed E-state index contributed by atoms with van der Waals surface area (Å²) in [5.74, 6) is 0. The standard InChI is InChI=1S/C15H25N7O7/c1-15(2,3)29-14(26)17-4-8-5-22(21-19-8)10-12(25)11(24)9(6-23)28-13(10)27-7-18-20-16/h5,9-13,23-25H,4,6-7H2,1-3H3,(H,17,26)/t9?,10?,11-,12-,13+/m1/s1. The first-order valence-electron chi connectivity index (χ1n) is 8.78. The molecular weight excluding hydrogens is 390 g/mol. The van der Waals surface area contributed by atoms with E-state index < -0.39 is 55.7 Å². The molecule has 1 fully saturated rings. The lowest BCUT2D eigenvalue weighted by molar-refractivity contribution is -0.281. The molecule has 2 unspecified atom stereocenters. The molecule has 14 heteroatoms. The van der Waals surface area contributed by atoms with E-state index in [0.29, 0.717) is 5.69 Å². The topological polar surface area (TPSA) is 197 Å². The van der Waals surface area contributed by atoms with Gasteiger partial charge >= 0.3 is 6.09 Å². The molecule has 29 heavy (non-hydrogen) atoms. The van der Waals surface area contributed by atoms with E-state index in [1.807, 2.05) is 0 Å². The maximum absolute atomic E-state index is 11.7. The summed E-state index contributed by atoms with van der Waals surface area (Å²) in [6, 6.07) is -1.05. The molecule has 5 atom stereocenters. The molecule has 0 radical (unpaired) electrons. The third kappa shape index (κ3) is 6.25. The second kappa shape index (κ2) is 9.82. The molecule has 14 nitrogen and oxygen atoms in total. The van der Waals surface area contributed by atoms with E-state index in [1.165, 1.54) is 10.9 Å². The van der Waals surface area contributed by atoms with Gasteiger partial charge in [0.05, 0.1) is 19.3 Å². The summed E-state index contributed by atoms with van der Waals surface area (Å²) in [6.45, 7) is 4.23. The SMILES string of the molecule is CC(C)(C)OC(=O)NCc1cn(C2[C@@H](OCN=[N+]=[N-])OC(CO)[C@@H](O)[C@@H]2O)nn1. The van der Waals surface area contributed by atoms with Crippen LogP contribution in [-0.2, 0) is 20.8 Å². The van der Waals surface area contributed by atoms with Crippen molar-refractivity contribution in [1.29, 1.82) is 0 Å². The van der Waals surface area contributed by atoms with Crippen LogP contribution in [0.25, 0.3) is 10.4 Å². The lowest BCUT2D eigenvalue weighted by Crippen LogP contribution is -2.56. The average Bonchev–Trinajstić information content (AvgIpc) is 3.10. The fourth-order valence-electron chi connectivity index (χ4n) is 2.64. The highest BCUT2D eigenvalue weighted by atomic mass is 16.7. The first-order chi connectivity index (χ1) is 13.7. The monoisotopic (exact) mass is 415 g/mol. The van der Waals surface area contributed by atoms with Gasteiger partial charge < -0.3 is 34.8 Å². The third-order valence-electron chi connectivity index (χ3n) is 3.88. The normalized spacial score (nSPS) is 27.2. The van der Waals surface area contributed by atoms with Crippen LogP contribution < -0.4 is 5.32 Å². The van der Waals surface area contributed by atoms with Crippen molar-refractivity contribution in [3.8, 4) is 0 Å². The minimum atomic E-state index is -1.43. The second-order valence-electron chi connectivity index (χ2n) is 7.27. The number of ether oxygens (including phenoxy) is 3. The molecule has 0 aliphatic carbocycles. The van der Waals surface area contributed by atoms with Crippen molar-refractivity contribution in [2.45, 2.75) is 63.6 Å². The first kappa shape index (κ1) is 22.8. The van der Waals surface area contributed by atoms with Gasteiger partial charge in [-0.1, -0.05) is 10.3 Å². The van der Waals surface area contributed by atoms with Crippen LogP contribution in [0.2, 0.25) is 0 Å². The van der Waals surface area contributed by atoms with Gasteiger partial charge in [-0.05, 0) is 26.3 Å². The van der Waals surface area contributed by atoms with Crippen molar-refractivity contribution in [2.75, 3.05) is 13.3 Å². The van der Waals surface area contributed by atoms with Crippen LogP contribution >= 0.6 is 0 Å². The number of alkyl carbamates (subject to hydrolysis) is 1. The Hall–Kier alpha value is -2.48. The number of aliphatic hydroxyl groups excluding tert-OH is 3. The number of carbonyl (C=O) groups excluding carboxylic acids is 1. The molecule has 2 rings (SSSR count). The lowest BCUT2D eigenvalue weighted by Gasteiger charge is -2.41. The van der Waals surface area contributed by atoms with Crippen LogP contribution in [0, 0.1) is 0 Å². The molecule has 0 aromatic carbocycles. The number of hydrogen-bond acceptors (Lipinski definition) is 10. The van der Waals surface area contributed by atoms with E-state index in [1.54, 1.807) is 20.8 Å². The Balaban J connectivity index is 2.10. The van der Waals surface area contributed by atoms with Crippen molar-refractivity contribution in [3.63, 3.8) is 0 Å². The maximum Gasteiger partial charge on any atom is 0.407 e. The number of nitrogens with zero attached hydrogens (tertiary/aromatic N) is 6. The van der Waals surface area contributed by atoms with Gasteiger partial charge in [-0.25, -0.2) is 9.48 Å². The van der Waals surface area contributed by atoms with Crippen LogP contribution in [0.5, 0.6) is 0 Å². The average molecular weight is 415 g/mol. The number of aliphatic hydroxyl groups is 3. The molecule has 2 heterocycles. The van der Waals surface area contributed by atoms with Gasteiger partial charge in [-0.3, -0.25) is 0 Å². The minimum Gasteiger partial charge on any atom is -0.444 e. The number of hydrogen-bond donors (Lipinski definition) is 4. The molecule has 1 amide bonds. The lowest BCUT2D eigenvalue weighted by atomic mass is 9.97. The van der Waals surface area contributed by atoms with Gasteiger partial charge in [0.15, 0.2) is 6.29 Å². The zero-order valence-electron chi connectivity index (χ0n) is 16.2. The first-order valence-corrected chi connectivity index (χ1v) is 8.78. The van der Waals surface area contributed by atoms with Crippen LogP contribution in [0.4, 0.5) is 4.79 Å². The van der Waals surface area contributed by atoms with E-state index in [0.717, 1.165) is 0 Å². The maximum atomic E-state index is 11.7. The molecule has 4 N–H and O–H groups in total. The van der Waals surface area contributed by atoms with Crippen molar-refractivity contribution in [1.82, 2.24) is 20.3 Å². The zero-order valence-corrected chi connectivity index (χ0v) is 16.2. The number of azide groups is 1. The molecule has 1 aromatic rings. The van der Waals surface area contributed by atoms with Gasteiger partial charge in [0.2, 0.25) is 0 Å². The quantitative estimate of drug-likeness (QED) is 0.259. The van der Waals surface area contributed by atoms with Crippen molar-refractivity contribution in [3.05, 3.63) is 22.3 Å². The molecule has 1 aliphatic heterocycles.